The minimum absolute atomic E-state index is 0.441. The first kappa shape index (κ1) is 12.4. The lowest BCUT2D eigenvalue weighted by Gasteiger charge is -2.35. The first-order valence-corrected chi connectivity index (χ1v) is 7.80. The second kappa shape index (κ2) is 5.15. The van der Waals surface area contributed by atoms with Gasteiger partial charge in [0, 0.05) is 17.1 Å². The third kappa shape index (κ3) is 2.53. The van der Waals surface area contributed by atoms with Crippen LogP contribution in [0.5, 0.6) is 0 Å². The molecule has 0 unspecified atom stereocenters. The van der Waals surface area contributed by atoms with E-state index in [4.69, 9.17) is 4.74 Å². The van der Waals surface area contributed by atoms with Crippen LogP contribution in [-0.2, 0) is 4.74 Å². The average molecular weight is 327 g/mol. The number of halogens is 1. The van der Waals surface area contributed by atoms with Gasteiger partial charge in [0.05, 0.1) is 16.3 Å². The second-order valence-corrected chi connectivity index (χ2v) is 6.47. The average Bonchev–Trinajstić information content (AvgIpc) is 2.68. The summed E-state index contributed by atoms with van der Waals surface area (Å²) in [6.45, 7) is 2.86. The van der Waals surface area contributed by atoms with Crippen LogP contribution in [0, 0.1) is 0 Å². The van der Waals surface area contributed by atoms with Crippen LogP contribution in [0.4, 0.5) is 5.13 Å². The van der Waals surface area contributed by atoms with E-state index in [1.807, 2.05) is 6.92 Å². The Kier molecular flexibility index (Phi) is 3.54. The summed E-state index contributed by atoms with van der Waals surface area (Å²) in [6, 6.07) is 6.73. The van der Waals surface area contributed by atoms with E-state index in [9.17, 15) is 0 Å². The summed E-state index contributed by atoms with van der Waals surface area (Å²) >= 11 is 5.18. The summed E-state index contributed by atoms with van der Waals surface area (Å²) in [5, 5.41) is 4.50. The van der Waals surface area contributed by atoms with Crippen LogP contribution in [0.25, 0.3) is 10.2 Å². The van der Waals surface area contributed by atoms with E-state index in [-0.39, 0.29) is 0 Å². The zero-order valence-corrected chi connectivity index (χ0v) is 12.6. The fraction of sp³-hybridized carbons (Fsp3) is 0.462. The molecule has 1 aromatic carbocycles. The van der Waals surface area contributed by atoms with Gasteiger partial charge in [0.25, 0.3) is 0 Å². The molecule has 0 atom stereocenters. The Balaban J connectivity index is 1.65. The molecule has 1 heterocycles. The van der Waals surface area contributed by atoms with Crippen LogP contribution in [-0.4, -0.2) is 23.7 Å². The van der Waals surface area contributed by atoms with E-state index in [2.05, 4.69) is 44.4 Å². The third-order valence-corrected chi connectivity index (χ3v) is 4.64. The summed E-state index contributed by atoms with van der Waals surface area (Å²) in [5.74, 6) is 0. The summed E-state index contributed by atoms with van der Waals surface area (Å²) in [4.78, 5) is 4.60. The number of benzene rings is 1. The summed E-state index contributed by atoms with van der Waals surface area (Å²) in [6.07, 6.45) is 2.62. The molecule has 1 saturated carbocycles. The normalized spacial score (nSPS) is 23.0. The van der Waals surface area contributed by atoms with Gasteiger partial charge >= 0.3 is 0 Å². The number of thiazole rings is 1. The number of nitrogens with zero attached hydrogens (tertiary/aromatic N) is 1. The van der Waals surface area contributed by atoms with E-state index in [1.54, 1.807) is 11.3 Å². The Morgan fingerprint density at radius 1 is 1.50 bits per heavy atom. The van der Waals surface area contributed by atoms with Gasteiger partial charge in [-0.3, -0.25) is 0 Å². The van der Waals surface area contributed by atoms with Gasteiger partial charge in [0.15, 0.2) is 5.13 Å². The molecule has 1 fully saturated rings. The standard InChI is InChI=1S/C13H15BrN2OS/c1-2-17-10-6-9(7-10)15-13-16-11-5-8(14)3-4-12(11)18-13/h3-5,9-10H,2,6-7H2,1H3,(H,15,16). The topological polar surface area (TPSA) is 34.1 Å². The molecule has 2 aromatic rings. The summed E-state index contributed by atoms with van der Waals surface area (Å²) < 4.78 is 7.86. The van der Waals surface area contributed by atoms with Crippen molar-refractivity contribution >= 4 is 42.6 Å². The quantitative estimate of drug-likeness (QED) is 0.920. The number of ether oxygens (including phenoxy) is 1. The second-order valence-electron chi connectivity index (χ2n) is 4.52. The zero-order chi connectivity index (χ0) is 12.5. The van der Waals surface area contributed by atoms with Gasteiger partial charge in [0.2, 0.25) is 0 Å². The number of nitrogens with one attached hydrogen (secondary N) is 1. The van der Waals surface area contributed by atoms with Crippen molar-refractivity contribution in [2.24, 2.45) is 0 Å². The van der Waals surface area contributed by atoms with Crippen molar-refractivity contribution in [1.29, 1.82) is 0 Å². The first-order chi connectivity index (χ1) is 8.74. The number of rotatable bonds is 4. The largest absolute Gasteiger partial charge is 0.378 e. The van der Waals surface area contributed by atoms with Crippen LogP contribution in [0.1, 0.15) is 19.8 Å². The lowest BCUT2D eigenvalue weighted by atomic mass is 9.89. The van der Waals surface area contributed by atoms with Crippen LogP contribution < -0.4 is 5.32 Å². The first-order valence-electron chi connectivity index (χ1n) is 6.19. The molecule has 96 valence electrons. The van der Waals surface area contributed by atoms with Crippen molar-refractivity contribution in [3.63, 3.8) is 0 Å². The Bertz CT molecular complexity index is 551. The SMILES string of the molecule is CCOC1CC(Nc2nc3cc(Br)ccc3s2)C1. The fourth-order valence-electron chi connectivity index (χ4n) is 2.19. The van der Waals surface area contributed by atoms with Crippen molar-refractivity contribution in [3.05, 3.63) is 22.7 Å². The van der Waals surface area contributed by atoms with Gasteiger partial charge in [-0.05, 0) is 38.0 Å². The highest BCUT2D eigenvalue weighted by molar-refractivity contribution is 9.10. The molecular weight excluding hydrogens is 312 g/mol. The highest BCUT2D eigenvalue weighted by atomic mass is 79.9. The predicted octanol–water partition coefficient (Wildman–Crippen LogP) is 4.04. The number of hydrogen-bond donors (Lipinski definition) is 1. The Morgan fingerprint density at radius 2 is 2.33 bits per heavy atom. The molecule has 5 heteroatoms. The molecule has 3 nitrogen and oxygen atoms in total. The molecule has 0 saturated heterocycles. The van der Waals surface area contributed by atoms with Crippen molar-refractivity contribution in [2.45, 2.75) is 31.9 Å². The molecule has 1 aliphatic carbocycles. The maximum absolute atomic E-state index is 5.56. The molecule has 1 aromatic heterocycles. The predicted molar refractivity (Wildman–Crippen MR) is 79.4 cm³/mol. The summed E-state index contributed by atoms with van der Waals surface area (Å²) in [7, 11) is 0. The van der Waals surface area contributed by atoms with Crippen molar-refractivity contribution in [3.8, 4) is 0 Å². The Morgan fingerprint density at radius 3 is 3.11 bits per heavy atom. The highest BCUT2D eigenvalue weighted by Crippen LogP contribution is 2.32. The Labute approximate surface area is 119 Å². The van der Waals surface area contributed by atoms with E-state index in [0.29, 0.717) is 12.1 Å². The maximum atomic E-state index is 5.56. The van der Waals surface area contributed by atoms with Crippen molar-refractivity contribution < 1.29 is 4.74 Å². The van der Waals surface area contributed by atoms with Crippen LogP contribution in [0.15, 0.2) is 22.7 Å². The Hall–Kier alpha value is -0.650. The molecular formula is C13H15BrN2OS. The van der Waals surface area contributed by atoms with Gasteiger partial charge in [-0.1, -0.05) is 27.3 Å². The van der Waals surface area contributed by atoms with E-state index < -0.39 is 0 Å². The maximum Gasteiger partial charge on any atom is 0.184 e. The molecule has 0 spiro atoms. The van der Waals surface area contributed by atoms with E-state index in [1.165, 1.54) is 4.70 Å². The van der Waals surface area contributed by atoms with Crippen molar-refractivity contribution in [1.82, 2.24) is 4.98 Å². The number of hydrogen-bond acceptors (Lipinski definition) is 4. The monoisotopic (exact) mass is 326 g/mol. The fourth-order valence-corrected chi connectivity index (χ4v) is 3.46. The van der Waals surface area contributed by atoms with E-state index in [0.717, 1.165) is 34.6 Å². The summed E-state index contributed by atoms with van der Waals surface area (Å²) in [5.41, 5.74) is 1.05. The number of aromatic nitrogens is 1. The van der Waals surface area contributed by atoms with Gasteiger partial charge in [0.1, 0.15) is 0 Å². The van der Waals surface area contributed by atoms with Gasteiger partial charge in [-0.2, -0.15) is 0 Å². The molecule has 0 amide bonds. The molecule has 0 aliphatic heterocycles. The molecule has 0 radical (unpaired) electrons. The highest BCUT2D eigenvalue weighted by Gasteiger charge is 2.29. The van der Waals surface area contributed by atoms with Gasteiger partial charge < -0.3 is 10.1 Å². The van der Waals surface area contributed by atoms with Gasteiger partial charge in [-0.25, -0.2) is 4.98 Å². The lowest BCUT2D eigenvalue weighted by molar-refractivity contribution is 0.00299. The number of fused-ring (bicyclic) bond motifs is 1. The third-order valence-electron chi connectivity index (χ3n) is 3.17. The minimum Gasteiger partial charge on any atom is -0.378 e. The molecule has 1 aliphatic rings. The van der Waals surface area contributed by atoms with E-state index >= 15 is 0 Å². The molecule has 0 bridgehead atoms. The van der Waals surface area contributed by atoms with Crippen LogP contribution in [0.3, 0.4) is 0 Å². The van der Waals surface area contributed by atoms with Crippen LogP contribution in [0.2, 0.25) is 0 Å². The molecule has 1 N–H and O–H groups in total. The minimum atomic E-state index is 0.441. The molecule has 18 heavy (non-hydrogen) atoms. The lowest BCUT2D eigenvalue weighted by Crippen LogP contribution is -2.40. The van der Waals surface area contributed by atoms with Crippen LogP contribution >= 0.6 is 27.3 Å². The molecule has 3 rings (SSSR count). The van der Waals surface area contributed by atoms with Gasteiger partial charge in [-0.15, -0.1) is 0 Å². The van der Waals surface area contributed by atoms with Crippen molar-refractivity contribution in [2.75, 3.05) is 11.9 Å². The zero-order valence-electron chi connectivity index (χ0n) is 10.1. The number of anilines is 1. The smallest absolute Gasteiger partial charge is 0.184 e.